The molecule has 0 aliphatic carbocycles. The van der Waals surface area contributed by atoms with E-state index in [0.29, 0.717) is 16.1 Å². The van der Waals surface area contributed by atoms with E-state index in [-0.39, 0.29) is 21.6 Å². The van der Waals surface area contributed by atoms with Crippen molar-refractivity contribution >= 4 is 40.6 Å². The minimum atomic E-state index is -0.626. The number of hydrogen-bond donors (Lipinski definition) is 0. The summed E-state index contributed by atoms with van der Waals surface area (Å²) in [5, 5.41) is 11.6. The van der Waals surface area contributed by atoms with Gasteiger partial charge in [-0.15, -0.1) is 0 Å². The van der Waals surface area contributed by atoms with Gasteiger partial charge < -0.3 is 14.9 Å². The van der Waals surface area contributed by atoms with E-state index in [1.54, 1.807) is 12.1 Å². The summed E-state index contributed by atoms with van der Waals surface area (Å²) in [6.07, 6.45) is 1.33. The van der Waals surface area contributed by atoms with Crippen molar-refractivity contribution in [2.24, 2.45) is 0 Å². The van der Waals surface area contributed by atoms with Crippen LogP contribution in [0.3, 0.4) is 0 Å². The van der Waals surface area contributed by atoms with Crippen LogP contribution in [-0.4, -0.2) is 17.0 Å². The summed E-state index contributed by atoms with van der Waals surface area (Å²) in [4.78, 5) is 13.9. The SMILES string of the molecule is COc1cc(-c2ccc(Cl)c(Cl)c2Cl)cnc1[N+](=O)[O-]. The molecule has 8 heteroatoms. The normalized spacial score (nSPS) is 10.4. The van der Waals surface area contributed by atoms with E-state index in [9.17, 15) is 10.1 Å². The van der Waals surface area contributed by atoms with Gasteiger partial charge in [-0.3, -0.25) is 0 Å². The molecule has 0 amide bonds. The number of ether oxygens (including phenoxy) is 1. The molecule has 0 radical (unpaired) electrons. The fourth-order valence-corrected chi connectivity index (χ4v) is 2.27. The highest BCUT2D eigenvalue weighted by Gasteiger charge is 2.19. The molecule has 0 atom stereocenters. The van der Waals surface area contributed by atoms with Crippen LogP contribution in [0.25, 0.3) is 11.1 Å². The molecule has 0 aliphatic rings. The Hall–Kier alpha value is -1.56. The van der Waals surface area contributed by atoms with E-state index in [4.69, 9.17) is 39.5 Å². The van der Waals surface area contributed by atoms with Crippen molar-refractivity contribution in [2.45, 2.75) is 0 Å². The highest BCUT2D eigenvalue weighted by atomic mass is 35.5. The van der Waals surface area contributed by atoms with Crippen molar-refractivity contribution < 1.29 is 9.66 Å². The van der Waals surface area contributed by atoms with Gasteiger partial charge in [0.2, 0.25) is 5.75 Å². The van der Waals surface area contributed by atoms with Gasteiger partial charge >= 0.3 is 5.82 Å². The van der Waals surface area contributed by atoms with Gasteiger partial charge in [-0.25, -0.2) is 0 Å². The molecule has 0 fully saturated rings. The molecular weight excluding hydrogens is 327 g/mol. The van der Waals surface area contributed by atoms with Crippen molar-refractivity contribution in [1.82, 2.24) is 4.98 Å². The number of nitrogens with zero attached hydrogens (tertiary/aromatic N) is 2. The van der Waals surface area contributed by atoms with E-state index in [1.165, 1.54) is 19.4 Å². The lowest BCUT2D eigenvalue weighted by Gasteiger charge is -2.08. The first-order valence-electron chi connectivity index (χ1n) is 5.28. The van der Waals surface area contributed by atoms with Crippen molar-refractivity contribution in [3.8, 4) is 16.9 Å². The van der Waals surface area contributed by atoms with Gasteiger partial charge in [0.15, 0.2) is 0 Å². The predicted octanol–water partition coefficient (Wildman–Crippen LogP) is 4.63. The molecule has 20 heavy (non-hydrogen) atoms. The van der Waals surface area contributed by atoms with Crippen LogP contribution < -0.4 is 4.74 Å². The molecule has 1 aromatic heterocycles. The number of methoxy groups -OCH3 is 1. The van der Waals surface area contributed by atoms with Crippen molar-refractivity contribution in [3.63, 3.8) is 0 Å². The van der Waals surface area contributed by atoms with Gasteiger partial charge in [-0.05, 0) is 16.0 Å². The Morgan fingerprint density at radius 1 is 1.25 bits per heavy atom. The molecule has 0 saturated carbocycles. The molecule has 2 rings (SSSR count). The number of nitro groups is 1. The summed E-state index contributed by atoms with van der Waals surface area (Å²) in [5.74, 6) is -0.331. The van der Waals surface area contributed by atoms with E-state index in [2.05, 4.69) is 4.98 Å². The number of hydrogen-bond acceptors (Lipinski definition) is 4. The van der Waals surface area contributed by atoms with Gasteiger partial charge in [0.25, 0.3) is 0 Å². The zero-order chi connectivity index (χ0) is 14.9. The largest absolute Gasteiger partial charge is 0.489 e. The minimum absolute atomic E-state index is 0.0367. The predicted molar refractivity (Wildman–Crippen MR) is 77.9 cm³/mol. The average Bonchev–Trinajstić information content (AvgIpc) is 2.44. The molecule has 1 aromatic carbocycles. The van der Waals surface area contributed by atoms with Crippen LogP contribution in [0.5, 0.6) is 5.75 Å². The van der Waals surface area contributed by atoms with Crippen LogP contribution in [-0.2, 0) is 0 Å². The smallest absolute Gasteiger partial charge is 0.406 e. The lowest BCUT2D eigenvalue weighted by atomic mass is 10.1. The van der Waals surface area contributed by atoms with E-state index >= 15 is 0 Å². The second kappa shape index (κ2) is 5.83. The van der Waals surface area contributed by atoms with E-state index < -0.39 is 4.92 Å². The summed E-state index contributed by atoms with van der Waals surface area (Å²) in [5.41, 5.74) is 1.10. The van der Waals surface area contributed by atoms with Gasteiger partial charge in [-0.2, -0.15) is 0 Å². The summed E-state index contributed by atoms with van der Waals surface area (Å²) in [7, 11) is 1.32. The highest BCUT2D eigenvalue weighted by Crippen LogP contribution is 2.39. The zero-order valence-electron chi connectivity index (χ0n) is 10.1. The maximum absolute atomic E-state index is 10.8. The molecule has 0 saturated heterocycles. The second-order valence-electron chi connectivity index (χ2n) is 3.73. The van der Waals surface area contributed by atoms with E-state index in [1.807, 2.05) is 0 Å². The molecule has 0 spiro atoms. The summed E-state index contributed by atoms with van der Waals surface area (Å²) >= 11 is 17.9. The molecule has 0 N–H and O–H groups in total. The lowest BCUT2D eigenvalue weighted by molar-refractivity contribution is -0.390. The van der Waals surface area contributed by atoms with Gasteiger partial charge in [0, 0.05) is 17.2 Å². The van der Waals surface area contributed by atoms with Crippen LogP contribution in [0.2, 0.25) is 15.1 Å². The molecule has 1 heterocycles. The number of benzene rings is 1. The first kappa shape index (κ1) is 14.8. The molecular formula is C12H7Cl3N2O3. The standard InChI is InChI=1S/C12H7Cl3N2O3/c1-20-9-4-6(5-16-12(9)17(18)19)7-2-3-8(13)11(15)10(7)14/h2-5H,1H3. The first-order valence-corrected chi connectivity index (χ1v) is 6.41. The third-order valence-corrected chi connectivity index (χ3v) is 3.87. The molecule has 2 aromatic rings. The van der Waals surface area contributed by atoms with E-state index in [0.717, 1.165) is 0 Å². The Labute approximate surface area is 129 Å². The summed E-state index contributed by atoms with van der Waals surface area (Å²) < 4.78 is 4.96. The molecule has 0 unspecified atom stereocenters. The van der Waals surface area contributed by atoms with Crippen molar-refractivity contribution in [2.75, 3.05) is 7.11 Å². The van der Waals surface area contributed by atoms with Crippen molar-refractivity contribution in [3.05, 3.63) is 49.6 Å². The zero-order valence-corrected chi connectivity index (χ0v) is 12.3. The minimum Gasteiger partial charge on any atom is -0.489 e. The highest BCUT2D eigenvalue weighted by molar-refractivity contribution is 6.49. The molecule has 5 nitrogen and oxygen atoms in total. The Bertz CT molecular complexity index is 692. The van der Waals surface area contributed by atoms with Crippen LogP contribution >= 0.6 is 34.8 Å². The maximum Gasteiger partial charge on any atom is 0.406 e. The Morgan fingerprint density at radius 3 is 2.55 bits per heavy atom. The Kier molecular flexibility index (Phi) is 4.32. The van der Waals surface area contributed by atoms with Crippen LogP contribution in [0.4, 0.5) is 5.82 Å². The van der Waals surface area contributed by atoms with Crippen LogP contribution in [0, 0.1) is 10.1 Å². The quantitative estimate of drug-likeness (QED) is 0.467. The first-order chi connectivity index (χ1) is 9.45. The van der Waals surface area contributed by atoms with Crippen LogP contribution in [0.1, 0.15) is 0 Å². The molecule has 104 valence electrons. The third-order valence-electron chi connectivity index (χ3n) is 2.57. The third kappa shape index (κ3) is 2.65. The van der Waals surface area contributed by atoms with Gasteiger partial charge in [-0.1, -0.05) is 40.9 Å². The number of halogens is 3. The fourth-order valence-electron chi connectivity index (χ4n) is 1.62. The van der Waals surface area contributed by atoms with Gasteiger partial charge in [0.1, 0.15) is 6.20 Å². The topological polar surface area (TPSA) is 65.3 Å². The fraction of sp³-hybridized carbons (Fsp3) is 0.0833. The number of rotatable bonds is 3. The second-order valence-corrected chi connectivity index (χ2v) is 4.89. The summed E-state index contributed by atoms with van der Waals surface area (Å²) in [6, 6.07) is 4.70. The Balaban J connectivity index is 2.60. The number of pyridine rings is 1. The number of aromatic nitrogens is 1. The van der Waals surface area contributed by atoms with Gasteiger partial charge in [0.05, 0.1) is 22.2 Å². The average molecular weight is 334 g/mol. The lowest BCUT2D eigenvalue weighted by Crippen LogP contribution is -1.97. The summed E-state index contributed by atoms with van der Waals surface area (Å²) in [6.45, 7) is 0. The maximum atomic E-state index is 10.8. The van der Waals surface area contributed by atoms with Crippen LogP contribution in [0.15, 0.2) is 24.4 Å². The monoisotopic (exact) mass is 332 g/mol. The molecule has 0 bridgehead atoms. The Morgan fingerprint density at radius 2 is 1.95 bits per heavy atom. The molecule has 0 aliphatic heterocycles. The van der Waals surface area contributed by atoms with Crippen molar-refractivity contribution in [1.29, 1.82) is 0 Å².